The normalized spacial score (nSPS) is 17.6. The molecule has 2 aromatic heterocycles. The molecule has 0 saturated heterocycles. The first kappa shape index (κ1) is 17.5. The molecule has 0 aromatic carbocycles. The quantitative estimate of drug-likeness (QED) is 0.832. The van der Waals surface area contributed by atoms with Crippen molar-refractivity contribution in [3.8, 4) is 10.8 Å². The molecule has 0 spiro atoms. The molecule has 3 rings (SSSR count). The number of nitrogens with one attached hydrogen (secondary N) is 1. The van der Waals surface area contributed by atoms with Crippen molar-refractivity contribution in [2.24, 2.45) is 5.92 Å². The van der Waals surface area contributed by atoms with Gasteiger partial charge in [-0.2, -0.15) is 0 Å². The van der Waals surface area contributed by atoms with Gasteiger partial charge < -0.3 is 9.73 Å². The summed E-state index contributed by atoms with van der Waals surface area (Å²) in [5.74, 6) is 1.54. The van der Waals surface area contributed by atoms with Crippen molar-refractivity contribution in [3.63, 3.8) is 0 Å². The van der Waals surface area contributed by atoms with Crippen LogP contribution in [0.5, 0.6) is 0 Å². The van der Waals surface area contributed by atoms with Crippen LogP contribution in [-0.4, -0.2) is 27.4 Å². The number of aromatic nitrogens is 2. The van der Waals surface area contributed by atoms with Gasteiger partial charge in [-0.15, -0.1) is 21.5 Å². The van der Waals surface area contributed by atoms with Crippen LogP contribution in [0.25, 0.3) is 10.8 Å². The van der Waals surface area contributed by atoms with Crippen LogP contribution in [0.3, 0.4) is 0 Å². The number of carbonyl (C=O) groups excluding carboxylic acids is 1. The van der Waals surface area contributed by atoms with Crippen molar-refractivity contribution in [1.82, 2.24) is 15.5 Å². The van der Waals surface area contributed by atoms with Gasteiger partial charge in [0.2, 0.25) is 5.91 Å². The molecule has 130 valence electrons. The lowest BCUT2D eigenvalue weighted by atomic mass is 9.90. The summed E-state index contributed by atoms with van der Waals surface area (Å²) < 4.78 is 5.73. The molecule has 0 aliphatic heterocycles. The maximum absolute atomic E-state index is 11.9. The molecule has 2 heterocycles. The van der Waals surface area contributed by atoms with Crippen molar-refractivity contribution in [2.75, 3.05) is 5.75 Å². The summed E-state index contributed by atoms with van der Waals surface area (Å²) in [7, 11) is 0. The van der Waals surface area contributed by atoms with Gasteiger partial charge in [0, 0.05) is 10.4 Å². The van der Waals surface area contributed by atoms with Gasteiger partial charge in [0.1, 0.15) is 0 Å². The molecular formula is C17H23N3O2S2. The Morgan fingerprint density at radius 2 is 2.25 bits per heavy atom. The maximum Gasteiger partial charge on any atom is 0.277 e. The van der Waals surface area contributed by atoms with E-state index in [1.165, 1.54) is 28.6 Å². The summed E-state index contributed by atoms with van der Waals surface area (Å²) >= 11 is 3.02. The molecule has 24 heavy (non-hydrogen) atoms. The van der Waals surface area contributed by atoms with E-state index in [4.69, 9.17) is 4.42 Å². The second-order valence-electron chi connectivity index (χ2n) is 7.37. The predicted molar refractivity (Wildman–Crippen MR) is 97.4 cm³/mol. The minimum absolute atomic E-state index is 0.0344. The summed E-state index contributed by atoms with van der Waals surface area (Å²) in [6.45, 7) is 8.17. The smallest absolute Gasteiger partial charge is 0.277 e. The standard InChI is InChI=1S/C17H23N3O2S2/c1-10-5-6-12-11(7-10)8-13(24-12)15-19-20-16(22-15)23-9-14(21)18-17(2,3)4/h8,10H,5-7,9H2,1-4H3,(H,18,21)/t10-/m1/s1. The zero-order valence-electron chi connectivity index (χ0n) is 14.5. The number of nitrogens with zero attached hydrogens (tertiary/aromatic N) is 2. The van der Waals surface area contributed by atoms with Crippen molar-refractivity contribution in [2.45, 2.75) is 57.7 Å². The predicted octanol–water partition coefficient (Wildman–Crippen LogP) is 3.93. The van der Waals surface area contributed by atoms with Gasteiger partial charge in [-0.05, 0) is 57.6 Å². The first-order chi connectivity index (χ1) is 11.3. The Morgan fingerprint density at radius 1 is 1.46 bits per heavy atom. The second kappa shape index (κ2) is 6.88. The van der Waals surface area contributed by atoms with E-state index in [9.17, 15) is 4.79 Å². The first-order valence-corrected chi connectivity index (χ1v) is 9.99. The highest BCUT2D eigenvalue weighted by Crippen LogP contribution is 2.37. The van der Waals surface area contributed by atoms with Crippen molar-refractivity contribution < 1.29 is 9.21 Å². The molecule has 0 saturated carbocycles. The van der Waals surface area contributed by atoms with E-state index >= 15 is 0 Å². The molecule has 2 aromatic rings. The molecule has 1 amide bonds. The van der Waals surface area contributed by atoms with Crippen LogP contribution in [-0.2, 0) is 17.6 Å². The minimum atomic E-state index is -0.231. The van der Waals surface area contributed by atoms with Gasteiger partial charge in [-0.1, -0.05) is 18.7 Å². The van der Waals surface area contributed by atoms with E-state index in [1.54, 1.807) is 11.3 Å². The summed E-state index contributed by atoms with van der Waals surface area (Å²) in [5.41, 5.74) is 1.19. The van der Waals surface area contributed by atoms with Crippen LogP contribution in [0.4, 0.5) is 0 Å². The molecule has 1 aliphatic rings. The Morgan fingerprint density at radius 3 is 3.00 bits per heavy atom. The molecule has 7 heteroatoms. The largest absolute Gasteiger partial charge is 0.410 e. The van der Waals surface area contributed by atoms with Gasteiger partial charge >= 0.3 is 0 Å². The molecule has 0 radical (unpaired) electrons. The Labute approximate surface area is 150 Å². The number of hydrogen-bond acceptors (Lipinski definition) is 6. The highest BCUT2D eigenvalue weighted by molar-refractivity contribution is 7.99. The van der Waals surface area contributed by atoms with Gasteiger partial charge in [-0.25, -0.2) is 0 Å². The van der Waals surface area contributed by atoms with E-state index in [1.807, 2.05) is 20.8 Å². The number of amides is 1. The average Bonchev–Trinajstić information content (AvgIpc) is 3.08. The number of aryl methyl sites for hydroxylation is 1. The van der Waals surface area contributed by atoms with Gasteiger partial charge in [0.05, 0.1) is 10.6 Å². The van der Waals surface area contributed by atoms with E-state index in [-0.39, 0.29) is 17.2 Å². The van der Waals surface area contributed by atoms with Gasteiger partial charge in [0.25, 0.3) is 11.1 Å². The number of thiophene rings is 1. The zero-order valence-corrected chi connectivity index (χ0v) is 16.1. The highest BCUT2D eigenvalue weighted by atomic mass is 32.2. The number of thioether (sulfide) groups is 1. The Kier molecular flexibility index (Phi) is 5.01. The molecule has 0 unspecified atom stereocenters. The van der Waals surface area contributed by atoms with E-state index in [2.05, 4.69) is 28.5 Å². The highest BCUT2D eigenvalue weighted by Gasteiger charge is 2.21. The SMILES string of the molecule is C[C@@H]1CCc2sc(-c3nnc(SCC(=O)NC(C)(C)C)o3)cc2C1. The second-order valence-corrected chi connectivity index (χ2v) is 9.43. The van der Waals surface area contributed by atoms with E-state index in [0.29, 0.717) is 11.1 Å². The third kappa shape index (κ3) is 4.39. The number of fused-ring (bicyclic) bond motifs is 1. The van der Waals surface area contributed by atoms with Crippen LogP contribution in [0.15, 0.2) is 15.7 Å². The third-order valence-electron chi connectivity index (χ3n) is 3.79. The number of carbonyl (C=O) groups is 1. The average molecular weight is 366 g/mol. The van der Waals surface area contributed by atoms with Crippen molar-refractivity contribution >= 4 is 29.0 Å². The van der Waals surface area contributed by atoms with Crippen LogP contribution >= 0.6 is 23.1 Å². The molecule has 0 fully saturated rings. The lowest BCUT2D eigenvalue weighted by molar-refractivity contribution is -0.119. The lowest BCUT2D eigenvalue weighted by Gasteiger charge is -2.19. The third-order valence-corrected chi connectivity index (χ3v) is 5.83. The van der Waals surface area contributed by atoms with Crippen LogP contribution in [0.2, 0.25) is 0 Å². The van der Waals surface area contributed by atoms with Gasteiger partial charge in [-0.3, -0.25) is 4.79 Å². The number of hydrogen-bond donors (Lipinski definition) is 1. The van der Waals surface area contributed by atoms with Crippen LogP contribution < -0.4 is 5.32 Å². The summed E-state index contributed by atoms with van der Waals surface area (Å²) in [6, 6.07) is 2.18. The topological polar surface area (TPSA) is 68.0 Å². The Hall–Kier alpha value is -1.34. The molecule has 0 bridgehead atoms. The molecular weight excluding hydrogens is 342 g/mol. The van der Waals surface area contributed by atoms with Crippen LogP contribution in [0, 0.1) is 5.92 Å². The fraction of sp³-hybridized carbons (Fsp3) is 0.588. The molecule has 1 N–H and O–H groups in total. The van der Waals surface area contributed by atoms with Gasteiger partial charge in [0.15, 0.2) is 0 Å². The lowest BCUT2D eigenvalue weighted by Crippen LogP contribution is -2.41. The maximum atomic E-state index is 11.9. The monoisotopic (exact) mass is 365 g/mol. The summed E-state index contributed by atoms with van der Waals surface area (Å²) in [6.07, 6.45) is 3.53. The zero-order chi connectivity index (χ0) is 17.3. The van der Waals surface area contributed by atoms with E-state index in [0.717, 1.165) is 23.6 Å². The molecule has 1 atom stereocenters. The Balaban J connectivity index is 1.63. The van der Waals surface area contributed by atoms with Crippen LogP contribution in [0.1, 0.15) is 44.6 Å². The summed E-state index contributed by atoms with van der Waals surface area (Å²) in [4.78, 5) is 14.3. The fourth-order valence-electron chi connectivity index (χ4n) is 2.76. The first-order valence-electron chi connectivity index (χ1n) is 8.19. The van der Waals surface area contributed by atoms with Crippen molar-refractivity contribution in [3.05, 3.63) is 16.5 Å². The summed E-state index contributed by atoms with van der Waals surface area (Å²) in [5, 5.41) is 11.6. The van der Waals surface area contributed by atoms with E-state index < -0.39 is 0 Å². The number of rotatable bonds is 4. The molecule has 5 nitrogen and oxygen atoms in total. The van der Waals surface area contributed by atoms with Crippen molar-refractivity contribution in [1.29, 1.82) is 0 Å². The molecule has 1 aliphatic carbocycles. The minimum Gasteiger partial charge on any atom is -0.410 e. The fourth-order valence-corrected chi connectivity index (χ4v) is 4.45. The Bertz CT molecular complexity index is 731.